The van der Waals surface area contributed by atoms with E-state index in [0.29, 0.717) is 0 Å². The number of rotatable bonds is 0. The van der Waals surface area contributed by atoms with Crippen molar-refractivity contribution in [2.24, 2.45) is 0 Å². The van der Waals surface area contributed by atoms with Crippen LogP contribution in [0, 0.1) is 6.07 Å². The Morgan fingerprint density at radius 1 is 1.22 bits per heavy atom. The molecule has 0 spiro atoms. The Kier molecular flexibility index (Phi) is 3.03. The minimum absolute atomic E-state index is 0. The minimum Gasteiger partial charge on any atom is -0.366 e. The van der Waals surface area contributed by atoms with Crippen molar-refractivity contribution in [2.75, 3.05) is 0 Å². The zero-order valence-corrected chi connectivity index (χ0v) is 13.5. The maximum atomic E-state index is 4.49. The topological polar surface area (TPSA) is 17.8 Å². The number of fused-ring (bicyclic) bond motifs is 3. The van der Waals surface area contributed by atoms with Crippen LogP contribution >= 0.6 is 0 Å². The summed E-state index contributed by atoms with van der Waals surface area (Å²) in [6, 6.07) is 9.57. The summed E-state index contributed by atoms with van der Waals surface area (Å²) in [6.45, 7) is 9.13. The number of imidazole rings is 1. The molecule has 0 N–H and O–H groups in total. The molecule has 1 radical (unpaired) electrons. The van der Waals surface area contributed by atoms with Crippen molar-refractivity contribution >= 4 is 0 Å². The van der Waals surface area contributed by atoms with Gasteiger partial charge in [0.25, 0.3) is 0 Å². The van der Waals surface area contributed by atoms with Gasteiger partial charge in [0, 0.05) is 38.0 Å². The van der Waals surface area contributed by atoms with Gasteiger partial charge < -0.3 is 4.57 Å². The maximum Gasteiger partial charge on any atom is 0.0565 e. The normalized spacial score (nSPS) is 18.4. The van der Waals surface area contributed by atoms with E-state index in [-0.39, 0.29) is 31.1 Å². The molecule has 97 valence electrons. The second-order valence-electron chi connectivity index (χ2n) is 5.76. The second kappa shape index (κ2) is 4.04. The molecule has 0 aliphatic carbocycles. The molecule has 0 unspecified atom stereocenters. The summed E-state index contributed by atoms with van der Waals surface area (Å²) in [4.78, 5) is 4.49. The van der Waals surface area contributed by atoms with E-state index in [2.05, 4.69) is 61.6 Å². The molecule has 0 saturated heterocycles. The molecule has 3 heteroatoms. The third-order valence-electron chi connectivity index (χ3n) is 4.53. The van der Waals surface area contributed by atoms with Gasteiger partial charge in [-0.05, 0) is 19.3 Å². The van der Waals surface area contributed by atoms with Gasteiger partial charge in [-0.1, -0.05) is 13.8 Å². The standard InChI is InChI=1S/C15H17N2.Ir/c1-14(2)12-8-6-5-7-11(12)13-16-9-10-17(13)15(14,3)4;/h5-6,8-10H,1-4H3;/q-1;. The van der Waals surface area contributed by atoms with Crippen LogP contribution in [0.5, 0.6) is 0 Å². The van der Waals surface area contributed by atoms with Gasteiger partial charge in [-0.15, -0.1) is 35.4 Å². The molecule has 0 saturated carbocycles. The molecule has 3 rings (SSSR count). The van der Waals surface area contributed by atoms with E-state index in [1.807, 2.05) is 12.3 Å². The number of hydrogen-bond acceptors (Lipinski definition) is 1. The zero-order valence-electron chi connectivity index (χ0n) is 11.1. The van der Waals surface area contributed by atoms with Gasteiger partial charge in [-0.25, -0.2) is 0 Å². The quantitative estimate of drug-likeness (QED) is 0.601. The molecule has 0 fully saturated rings. The first-order valence-corrected chi connectivity index (χ1v) is 6.01. The zero-order chi connectivity index (χ0) is 12.3. The fourth-order valence-corrected chi connectivity index (χ4v) is 2.71. The van der Waals surface area contributed by atoms with Crippen LogP contribution in [-0.2, 0) is 31.1 Å². The Balaban J connectivity index is 0.00000120. The fourth-order valence-electron chi connectivity index (χ4n) is 2.71. The minimum atomic E-state index is 0. The molecule has 18 heavy (non-hydrogen) atoms. The van der Waals surface area contributed by atoms with Crippen molar-refractivity contribution < 1.29 is 20.1 Å². The first-order chi connectivity index (χ1) is 7.96. The largest absolute Gasteiger partial charge is 0.366 e. The molecule has 1 aliphatic rings. The summed E-state index contributed by atoms with van der Waals surface area (Å²) in [5, 5.41) is 0. The molecule has 1 aromatic heterocycles. The van der Waals surface area contributed by atoms with Crippen molar-refractivity contribution in [1.29, 1.82) is 0 Å². The Labute approximate surface area is 122 Å². The Hall–Kier alpha value is -0.921. The summed E-state index contributed by atoms with van der Waals surface area (Å²) in [5.74, 6) is 1.03. The number of benzene rings is 1. The van der Waals surface area contributed by atoms with Crippen LogP contribution in [0.3, 0.4) is 0 Å². The van der Waals surface area contributed by atoms with Gasteiger partial charge >= 0.3 is 0 Å². The van der Waals surface area contributed by atoms with Crippen molar-refractivity contribution in [2.45, 2.75) is 38.6 Å². The van der Waals surface area contributed by atoms with Crippen LogP contribution < -0.4 is 0 Å². The molecule has 0 atom stereocenters. The van der Waals surface area contributed by atoms with E-state index in [1.54, 1.807) is 0 Å². The molecular weight excluding hydrogens is 400 g/mol. The molecule has 2 heterocycles. The maximum absolute atomic E-state index is 4.49. The molecule has 1 aliphatic heterocycles. The number of aromatic nitrogens is 2. The monoisotopic (exact) mass is 418 g/mol. The van der Waals surface area contributed by atoms with Crippen LogP contribution in [0.4, 0.5) is 0 Å². The third kappa shape index (κ3) is 1.47. The van der Waals surface area contributed by atoms with Gasteiger partial charge in [0.1, 0.15) is 0 Å². The van der Waals surface area contributed by atoms with Gasteiger partial charge in [0.05, 0.1) is 5.82 Å². The van der Waals surface area contributed by atoms with Crippen molar-refractivity contribution in [3.63, 3.8) is 0 Å². The number of nitrogens with zero attached hydrogens (tertiary/aromatic N) is 2. The van der Waals surface area contributed by atoms with Gasteiger partial charge in [-0.2, -0.15) is 0 Å². The van der Waals surface area contributed by atoms with E-state index in [0.717, 1.165) is 11.4 Å². The van der Waals surface area contributed by atoms with Crippen LogP contribution in [0.15, 0.2) is 30.6 Å². The van der Waals surface area contributed by atoms with Crippen LogP contribution in [0.25, 0.3) is 11.4 Å². The molecular formula is C15H17IrN2-. The fraction of sp³-hybridized carbons (Fsp3) is 0.400. The first kappa shape index (κ1) is 13.5. The predicted octanol–water partition coefficient (Wildman–Crippen LogP) is 3.37. The second-order valence-corrected chi connectivity index (χ2v) is 5.76. The summed E-state index contributed by atoms with van der Waals surface area (Å²) in [6.07, 6.45) is 3.95. The Morgan fingerprint density at radius 2 is 1.94 bits per heavy atom. The van der Waals surface area contributed by atoms with E-state index in [9.17, 15) is 0 Å². The van der Waals surface area contributed by atoms with Gasteiger partial charge in [-0.3, -0.25) is 4.98 Å². The SMILES string of the molecule is CC1(C)c2ccc[c-]c2-c2nccn2C1(C)C.[Ir]. The smallest absolute Gasteiger partial charge is 0.0565 e. The first-order valence-electron chi connectivity index (χ1n) is 6.01. The van der Waals surface area contributed by atoms with Crippen LogP contribution in [-0.4, -0.2) is 9.55 Å². The van der Waals surface area contributed by atoms with Gasteiger partial charge in [0.2, 0.25) is 0 Å². The molecule has 0 amide bonds. The van der Waals surface area contributed by atoms with E-state index in [1.165, 1.54) is 5.56 Å². The van der Waals surface area contributed by atoms with E-state index in [4.69, 9.17) is 0 Å². The summed E-state index contributed by atoms with van der Waals surface area (Å²) in [5.41, 5.74) is 2.56. The molecule has 0 bridgehead atoms. The van der Waals surface area contributed by atoms with Crippen LogP contribution in [0.1, 0.15) is 33.3 Å². The average Bonchev–Trinajstić information content (AvgIpc) is 2.77. The Morgan fingerprint density at radius 3 is 2.67 bits per heavy atom. The van der Waals surface area contributed by atoms with Crippen molar-refractivity contribution in [3.05, 3.63) is 42.2 Å². The van der Waals surface area contributed by atoms with Crippen LogP contribution in [0.2, 0.25) is 0 Å². The molecule has 2 nitrogen and oxygen atoms in total. The summed E-state index contributed by atoms with van der Waals surface area (Å²) >= 11 is 0. The van der Waals surface area contributed by atoms with Gasteiger partial charge in [0.15, 0.2) is 0 Å². The van der Waals surface area contributed by atoms with Crippen molar-refractivity contribution in [3.8, 4) is 11.4 Å². The third-order valence-corrected chi connectivity index (χ3v) is 4.53. The summed E-state index contributed by atoms with van der Waals surface area (Å²) < 4.78 is 2.27. The van der Waals surface area contributed by atoms with E-state index >= 15 is 0 Å². The van der Waals surface area contributed by atoms with Crippen molar-refractivity contribution in [1.82, 2.24) is 9.55 Å². The average molecular weight is 418 g/mol. The predicted molar refractivity (Wildman–Crippen MR) is 68.8 cm³/mol. The van der Waals surface area contributed by atoms with E-state index < -0.39 is 0 Å². The Bertz CT molecular complexity index is 582. The molecule has 1 aromatic carbocycles. The number of hydrogen-bond donors (Lipinski definition) is 0. The summed E-state index contributed by atoms with van der Waals surface area (Å²) in [7, 11) is 0. The molecule has 2 aromatic rings.